The van der Waals surface area contributed by atoms with Crippen molar-refractivity contribution in [1.29, 1.82) is 0 Å². The molecule has 0 aromatic carbocycles. The normalized spacial score (nSPS) is 7.90. The van der Waals surface area contributed by atoms with Gasteiger partial charge in [-0.15, -0.1) is 0 Å². The molecule has 0 saturated heterocycles. The molecule has 0 amide bonds. The summed E-state index contributed by atoms with van der Waals surface area (Å²) in [6.45, 7) is 0. The second-order valence-corrected chi connectivity index (χ2v) is 1.67. The van der Waals surface area contributed by atoms with Crippen LogP contribution in [0.1, 0.15) is 0 Å². The summed E-state index contributed by atoms with van der Waals surface area (Å²) in [7, 11) is -5.09. The second kappa shape index (κ2) is 8.97. The third-order valence-electron chi connectivity index (χ3n) is 0.100. The van der Waals surface area contributed by atoms with Gasteiger partial charge in [0, 0.05) is 0 Å². The maximum atomic E-state index is 9.00. The molecule has 0 aromatic heterocycles. The van der Waals surface area contributed by atoms with Crippen molar-refractivity contribution in [3.63, 3.8) is 0 Å². The van der Waals surface area contributed by atoms with Crippen molar-refractivity contribution in [2.24, 2.45) is 0 Å². The number of hydrogen-bond acceptors (Lipinski definition) is 7. The molecule has 7 nitrogen and oxygen atoms in total. The number of phosphoric acid groups is 1. The van der Waals surface area contributed by atoms with E-state index in [9.17, 15) is 0 Å². The molecule has 0 saturated carbocycles. The van der Waals surface area contributed by atoms with Crippen molar-refractivity contribution in [3.05, 3.63) is 0 Å². The van der Waals surface area contributed by atoms with Gasteiger partial charge >= 0.3 is 23.2 Å². The van der Waals surface area contributed by atoms with Crippen molar-refractivity contribution in [2.45, 2.75) is 0 Å². The summed E-state index contributed by atoms with van der Waals surface area (Å²) in [6, 6.07) is 0. The summed E-state index contributed by atoms with van der Waals surface area (Å²) in [6.07, 6.45) is 0.250. The Hall–Kier alpha value is -0.0305. The van der Waals surface area contributed by atoms with Crippen LogP contribution in [0.15, 0.2) is 0 Å². The third kappa shape index (κ3) is 43.9. The molecule has 0 aromatic rings. The van der Waals surface area contributed by atoms with Crippen molar-refractivity contribution in [3.8, 4) is 0 Å². The van der Waals surface area contributed by atoms with Gasteiger partial charge in [0.05, 0.1) is 7.82 Å². The van der Waals surface area contributed by atoms with Gasteiger partial charge < -0.3 is 14.4 Å². The van der Waals surface area contributed by atoms with E-state index in [1.807, 2.05) is 0 Å². The van der Waals surface area contributed by atoms with Crippen LogP contribution in [0.2, 0.25) is 0 Å². The predicted octanol–water partition coefficient (Wildman–Crippen LogP) is -2.28. The van der Waals surface area contributed by atoms with Gasteiger partial charge in [-0.25, -0.2) is 9.93 Å². The van der Waals surface area contributed by atoms with Crippen LogP contribution in [0.4, 0.5) is 0 Å². The minimum atomic E-state index is -5.09. The summed E-state index contributed by atoms with van der Waals surface area (Å²) in [5.41, 5.74) is 0. The molecule has 0 spiro atoms. The standard InChI is InChI=1S/CO2.Cu.H3O5P/c2-1-3;;1-5-6(2,3)4/h;;1H,(H2,2,3,4)/q;+2;/p-2. The van der Waals surface area contributed by atoms with Gasteiger partial charge in [0.2, 0.25) is 0 Å². The smallest absolute Gasteiger partial charge is 0.788 e. The molecule has 9 heteroatoms. The Labute approximate surface area is 65.6 Å². The van der Waals surface area contributed by atoms with E-state index in [1.54, 1.807) is 0 Å². The quantitative estimate of drug-likeness (QED) is 0.228. The Kier molecular flexibility index (Phi) is 14.8. The molecule has 0 aliphatic carbocycles. The van der Waals surface area contributed by atoms with E-state index in [2.05, 4.69) is 4.67 Å². The average Bonchev–Trinajstić information content (AvgIpc) is 1.67. The van der Waals surface area contributed by atoms with E-state index in [0.717, 1.165) is 0 Å². The van der Waals surface area contributed by atoms with Gasteiger partial charge in [-0.05, 0) is 0 Å². The first-order chi connectivity index (χ1) is 3.97. The summed E-state index contributed by atoms with van der Waals surface area (Å²) in [4.78, 5) is 34.2. The summed E-state index contributed by atoms with van der Waals surface area (Å²) in [5, 5.41) is 7.01. The van der Waals surface area contributed by atoms with E-state index >= 15 is 0 Å². The number of carbonyl (C=O) groups excluding carboxylic acids is 2. The molecule has 0 bridgehead atoms. The fraction of sp³-hybridized carbons (Fsp3) is 0. The number of hydrogen-bond donors (Lipinski definition) is 1. The molecular formula is CHCuO7P. The molecule has 0 fully saturated rings. The molecule has 0 atom stereocenters. The van der Waals surface area contributed by atoms with E-state index in [0.29, 0.717) is 0 Å². The molecule has 0 rings (SSSR count). The molecule has 10 heavy (non-hydrogen) atoms. The van der Waals surface area contributed by atoms with Crippen LogP contribution in [0.25, 0.3) is 0 Å². The van der Waals surface area contributed by atoms with Gasteiger partial charge in [-0.1, -0.05) is 0 Å². The average molecular weight is 220 g/mol. The molecule has 1 N–H and O–H groups in total. The molecule has 63 valence electrons. The van der Waals surface area contributed by atoms with Gasteiger partial charge in [-0.2, -0.15) is 9.59 Å². The Balaban J connectivity index is -0.000000107. The minimum Gasteiger partial charge on any atom is -0.788 e. The minimum absolute atomic E-state index is 0. The Morgan fingerprint density at radius 3 is 1.50 bits per heavy atom. The monoisotopic (exact) mass is 219 g/mol. The molecule has 1 radical (unpaired) electrons. The van der Waals surface area contributed by atoms with Crippen molar-refractivity contribution < 1.29 is 50.9 Å². The fourth-order valence-electron chi connectivity index (χ4n) is 0. The molecule has 0 unspecified atom stereocenters. The summed E-state index contributed by atoms with van der Waals surface area (Å²) in [5.74, 6) is 0. The van der Waals surface area contributed by atoms with Crippen molar-refractivity contribution in [1.82, 2.24) is 0 Å². The van der Waals surface area contributed by atoms with Gasteiger partial charge in [0.15, 0.2) is 0 Å². The van der Waals surface area contributed by atoms with Crippen LogP contribution in [0, 0.1) is 0 Å². The number of rotatable bonds is 1. The van der Waals surface area contributed by atoms with Crippen LogP contribution in [0.5, 0.6) is 0 Å². The zero-order valence-electron chi connectivity index (χ0n) is 4.15. The Morgan fingerprint density at radius 2 is 1.50 bits per heavy atom. The van der Waals surface area contributed by atoms with Crippen LogP contribution < -0.4 is 9.79 Å². The topological polar surface area (TPSA) is 127 Å². The zero-order valence-corrected chi connectivity index (χ0v) is 5.98. The van der Waals surface area contributed by atoms with Crippen LogP contribution in [0.3, 0.4) is 0 Å². The summed E-state index contributed by atoms with van der Waals surface area (Å²) < 4.78 is 11.4. The Bertz CT molecular complexity index is 131. The molecule has 0 aliphatic heterocycles. The zero-order chi connectivity index (χ0) is 7.91. The van der Waals surface area contributed by atoms with Gasteiger partial charge in [0.25, 0.3) is 0 Å². The Morgan fingerprint density at radius 1 is 1.40 bits per heavy atom. The van der Waals surface area contributed by atoms with Crippen LogP contribution >= 0.6 is 7.82 Å². The van der Waals surface area contributed by atoms with Gasteiger partial charge in [0.1, 0.15) is 0 Å². The fourth-order valence-corrected chi connectivity index (χ4v) is 0. The molecule has 0 heterocycles. The predicted molar refractivity (Wildman–Crippen MR) is 16.3 cm³/mol. The van der Waals surface area contributed by atoms with Crippen molar-refractivity contribution >= 4 is 14.0 Å². The third-order valence-corrected chi connectivity index (χ3v) is 0.300. The maximum Gasteiger partial charge on any atom is 2.00 e. The first-order valence-corrected chi connectivity index (χ1v) is 2.78. The SMILES string of the molecule is O=C=O.O=P([O-])([O-])OO.[Cu+2]. The van der Waals surface area contributed by atoms with E-state index in [-0.39, 0.29) is 23.2 Å². The van der Waals surface area contributed by atoms with Gasteiger partial charge in [-0.3, -0.25) is 0 Å². The molecular weight excluding hydrogens is 219 g/mol. The van der Waals surface area contributed by atoms with Crippen LogP contribution in [-0.2, 0) is 35.9 Å². The largest absolute Gasteiger partial charge is 2.00 e. The first kappa shape index (κ1) is 16.5. The van der Waals surface area contributed by atoms with Crippen LogP contribution in [-0.4, -0.2) is 11.4 Å². The molecule has 0 aliphatic rings. The van der Waals surface area contributed by atoms with Crippen molar-refractivity contribution in [2.75, 3.05) is 0 Å². The van der Waals surface area contributed by atoms with E-state index in [4.69, 9.17) is 29.2 Å². The summed E-state index contributed by atoms with van der Waals surface area (Å²) >= 11 is 0. The first-order valence-electron chi connectivity index (χ1n) is 1.32. The van der Waals surface area contributed by atoms with E-state index < -0.39 is 7.82 Å². The second-order valence-electron chi connectivity index (χ2n) is 0.612. The maximum absolute atomic E-state index is 9.00. The van der Waals surface area contributed by atoms with E-state index in [1.165, 1.54) is 0 Å².